The molecule has 2 aromatic rings. The van der Waals surface area contributed by atoms with E-state index in [1.165, 1.54) is 18.4 Å². The average molecular weight is 268 g/mol. The maximum absolute atomic E-state index is 11.5. The lowest BCUT2D eigenvalue weighted by Gasteiger charge is -2.05. The van der Waals surface area contributed by atoms with Gasteiger partial charge in [0.05, 0.1) is 31.5 Å². The van der Waals surface area contributed by atoms with Crippen LogP contribution in [-0.4, -0.2) is 40.2 Å². The van der Waals surface area contributed by atoms with Crippen LogP contribution < -0.4 is 0 Å². The van der Waals surface area contributed by atoms with Crippen molar-refractivity contribution in [1.29, 1.82) is 0 Å². The first-order valence-corrected chi connectivity index (χ1v) is 6.01. The van der Waals surface area contributed by atoms with E-state index in [-0.39, 0.29) is 12.3 Å². The standard InChI is InChI=1S/C10H12N4O3S/c1-16-5-8-9(10(15)17-2)12-13-14(8)4-7-3-11-6-18-7/h3,6H,4-5H2,1-2H3. The number of carbonyl (C=O) groups excluding carboxylic acids is 1. The minimum absolute atomic E-state index is 0.184. The largest absolute Gasteiger partial charge is 0.464 e. The molecule has 0 amide bonds. The van der Waals surface area contributed by atoms with E-state index >= 15 is 0 Å². The van der Waals surface area contributed by atoms with Crippen molar-refractivity contribution in [2.24, 2.45) is 0 Å². The number of aromatic nitrogens is 4. The summed E-state index contributed by atoms with van der Waals surface area (Å²) in [6, 6.07) is 0. The lowest BCUT2D eigenvalue weighted by molar-refractivity contribution is 0.0588. The number of hydrogen-bond donors (Lipinski definition) is 0. The van der Waals surface area contributed by atoms with Crippen LogP contribution in [0.3, 0.4) is 0 Å². The molecule has 2 aromatic heterocycles. The molecule has 0 spiro atoms. The summed E-state index contributed by atoms with van der Waals surface area (Å²) in [5, 5.41) is 7.77. The maximum Gasteiger partial charge on any atom is 0.360 e. The van der Waals surface area contributed by atoms with E-state index < -0.39 is 5.97 Å². The second-order valence-corrected chi connectivity index (χ2v) is 4.41. The fourth-order valence-corrected chi connectivity index (χ4v) is 2.04. The lowest BCUT2D eigenvalue weighted by atomic mass is 10.3. The third kappa shape index (κ3) is 2.54. The molecule has 2 rings (SSSR count). The SMILES string of the molecule is COCc1c(C(=O)OC)nnn1Cc1cncs1. The van der Waals surface area contributed by atoms with E-state index in [1.54, 1.807) is 23.5 Å². The van der Waals surface area contributed by atoms with Gasteiger partial charge in [-0.3, -0.25) is 4.98 Å². The first-order chi connectivity index (χ1) is 8.76. The molecular weight excluding hydrogens is 256 g/mol. The molecular formula is C10H12N4O3S. The van der Waals surface area contributed by atoms with E-state index in [0.717, 1.165) is 4.88 Å². The third-order valence-corrected chi connectivity index (χ3v) is 3.05. The molecule has 96 valence electrons. The summed E-state index contributed by atoms with van der Waals surface area (Å²) < 4.78 is 11.3. The molecule has 0 aliphatic rings. The van der Waals surface area contributed by atoms with Crippen molar-refractivity contribution in [3.63, 3.8) is 0 Å². The summed E-state index contributed by atoms with van der Waals surface area (Å²) in [5.41, 5.74) is 2.52. The smallest absolute Gasteiger partial charge is 0.360 e. The average Bonchev–Trinajstić information content (AvgIpc) is 3.01. The molecule has 0 bridgehead atoms. The second-order valence-electron chi connectivity index (χ2n) is 3.43. The van der Waals surface area contributed by atoms with Crippen molar-refractivity contribution in [2.75, 3.05) is 14.2 Å². The van der Waals surface area contributed by atoms with Gasteiger partial charge in [0.25, 0.3) is 0 Å². The Kier molecular flexibility index (Phi) is 4.00. The van der Waals surface area contributed by atoms with Crippen LogP contribution in [-0.2, 0) is 22.6 Å². The van der Waals surface area contributed by atoms with Crippen molar-refractivity contribution in [3.8, 4) is 0 Å². The van der Waals surface area contributed by atoms with Crippen LogP contribution in [0.25, 0.3) is 0 Å². The van der Waals surface area contributed by atoms with Gasteiger partial charge in [0.15, 0.2) is 5.69 Å². The van der Waals surface area contributed by atoms with Crippen LogP contribution >= 0.6 is 11.3 Å². The Morgan fingerprint density at radius 1 is 1.50 bits per heavy atom. The maximum atomic E-state index is 11.5. The number of ether oxygens (including phenoxy) is 2. The zero-order valence-electron chi connectivity index (χ0n) is 9.99. The zero-order valence-corrected chi connectivity index (χ0v) is 10.8. The Morgan fingerprint density at radius 2 is 2.33 bits per heavy atom. The van der Waals surface area contributed by atoms with Gasteiger partial charge in [-0.05, 0) is 0 Å². The predicted molar refractivity (Wildman–Crippen MR) is 63.3 cm³/mol. The number of thiazole rings is 1. The lowest BCUT2D eigenvalue weighted by Crippen LogP contribution is -2.11. The van der Waals surface area contributed by atoms with Crippen LogP contribution in [0.2, 0.25) is 0 Å². The van der Waals surface area contributed by atoms with Crippen LogP contribution in [0.4, 0.5) is 0 Å². The molecule has 0 atom stereocenters. The number of nitrogens with zero attached hydrogens (tertiary/aromatic N) is 4. The fourth-order valence-electron chi connectivity index (χ4n) is 1.46. The highest BCUT2D eigenvalue weighted by Gasteiger charge is 2.20. The molecule has 0 aromatic carbocycles. The van der Waals surface area contributed by atoms with Gasteiger partial charge in [0.2, 0.25) is 0 Å². The van der Waals surface area contributed by atoms with Crippen molar-refractivity contribution in [3.05, 3.63) is 28.0 Å². The predicted octanol–water partition coefficient (Wildman–Crippen LogP) is 0.716. The monoisotopic (exact) mass is 268 g/mol. The normalized spacial score (nSPS) is 10.6. The molecule has 8 heteroatoms. The van der Waals surface area contributed by atoms with Gasteiger partial charge in [0, 0.05) is 18.2 Å². The second kappa shape index (κ2) is 5.69. The molecule has 0 aliphatic heterocycles. The molecule has 0 fully saturated rings. The number of methoxy groups -OCH3 is 2. The van der Waals surface area contributed by atoms with E-state index in [0.29, 0.717) is 12.2 Å². The Bertz CT molecular complexity index is 523. The van der Waals surface area contributed by atoms with Crippen LogP contribution in [0.1, 0.15) is 21.1 Å². The summed E-state index contributed by atoms with van der Waals surface area (Å²) in [7, 11) is 2.85. The summed E-state index contributed by atoms with van der Waals surface area (Å²) in [4.78, 5) is 16.5. The number of esters is 1. The Balaban J connectivity index is 2.29. The highest BCUT2D eigenvalue weighted by molar-refractivity contribution is 7.09. The van der Waals surface area contributed by atoms with Gasteiger partial charge < -0.3 is 9.47 Å². The number of hydrogen-bond acceptors (Lipinski definition) is 7. The molecule has 0 radical (unpaired) electrons. The van der Waals surface area contributed by atoms with E-state index in [4.69, 9.17) is 4.74 Å². The summed E-state index contributed by atoms with van der Waals surface area (Å²) in [5.74, 6) is -0.516. The topological polar surface area (TPSA) is 79.1 Å². The van der Waals surface area contributed by atoms with Crippen LogP contribution in [0.15, 0.2) is 11.7 Å². The van der Waals surface area contributed by atoms with Gasteiger partial charge in [-0.1, -0.05) is 5.21 Å². The molecule has 0 aliphatic carbocycles. The van der Waals surface area contributed by atoms with Gasteiger partial charge in [-0.2, -0.15) is 0 Å². The Morgan fingerprint density at radius 3 is 2.94 bits per heavy atom. The van der Waals surface area contributed by atoms with Crippen LogP contribution in [0.5, 0.6) is 0 Å². The first-order valence-electron chi connectivity index (χ1n) is 5.13. The molecule has 0 unspecified atom stereocenters. The molecule has 0 N–H and O–H groups in total. The molecule has 7 nitrogen and oxygen atoms in total. The molecule has 0 saturated heterocycles. The van der Waals surface area contributed by atoms with Crippen molar-refractivity contribution >= 4 is 17.3 Å². The van der Waals surface area contributed by atoms with E-state index in [1.807, 2.05) is 0 Å². The minimum Gasteiger partial charge on any atom is -0.464 e. The van der Waals surface area contributed by atoms with Gasteiger partial charge in [-0.25, -0.2) is 9.48 Å². The fraction of sp³-hybridized carbons (Fsp3) is 0.400. The highest BCUT2D eigenvalue weighted by Crippen LogP contribution is 2.13. The molecule has 18 heavy (non-hydrogen) atoms. The first kappa shape index (κ1) is 12.7. The number of carbonyl (C=O) groups is 1. The highest BCUT2D eigenvalue weighted by atomic mass is 32.1. The minimum atomic E-state index is -0.516. The quantitative estimate of drug-likeness (QED) is 0.743. The van der Waals surface area contributed by atoms with Crippen molar-refractivity contribution in [2.45, 2.75) is 13.2 Å². The number of rotatable bonds is 5. The zero-order chi connectivity index (χ0) is 13.0. The van der Waals surface area contributed by atoms with Gasteiger partial charge in [-0.15, -0.1) is 16.4 Å². The molecule has 2 heterocycles. The van der Waals surface area contributed by atoms with Gasteiger partial charge in [0.1, 0.15) is 0 Å². The van der Waals surface area contributed by atoms with E-state index in [9.17, 15) is 4.79 Å². The van der Waals surface area contributed by atoms with Gasteiger partial charge >= 0.3 is 5.97 Å². The van der Waals surface area contributed by atoms with Crippen molar-refractivity contribution in [1.82, 2.24) is 20.0 Å². The summed E-state index contributed by atoms with van der Waals surface area (Å²) in [6.45, 7) is 0.754. The van der Waals surface area contributed by atoms with Crippen molar-refractivity contribution < 1.29 is 14.3 Å². The Hall–Kier alpha value is -1.80. The molecule has 0 saturated carbocycles. The van der Waals surface area contributed by atoms with Crippen LogP contribution in [0, 0.1) is 0 Å². The Labute approximate surface area is 107 Å². The van der Waals surface area contributed by atoms with E-state index in [2.05, 4.69) is 20.0 Å². The summed E-state index contributed by atoms with van der Waals surface area (Å²) >= 11 is 1.51. The summed E-state index contributed by atoms with van der Waals surface area (Å²) in [6.07, 6.45) is 1.75. The third-order valence-electron chi connectivity index (χ3n) is 2.29.